The first-order valence-corrected chi connectivity index (χ1v) is 9.73. The van der Waals surface area contributed by atoms with Gasteiger partial charge < -0.3 is 4.74 Å². The number of ketones is 2. The molecule has 0 N–H and O–H groups in total. The lowest BCUT2D eigenvalue weighted by Gasteiger charge is -2.43. The van der Waals surface area contributed by atoms with Crippen molar-refractivity contribution in [1.82, 2.24) is 0 Å². The molecule has 1 heterocycles. The zero-order chi connectivity index (χ0) is 20.9. The van der Waals surface area contributed by atoms with Gasteiger partial charge in [0, 0.05) is 0 Å². The van der Waals surface area contributed by atoms with Gasteiger partial charge in [0.25, 0.3) is 0 Å². The Morgan fingerprint density at radius 3 is 2.04 bits per heavy atom. The Kier molecular flexibility index (Phi) is 5.24. The van der Waals surface area contributed by atoms with Crippen molar-refractivity contribution in [3.05, 3.63) is 58.4 Å². The Hall–Kier alpha value is -2.04. The third-order valence-electron chi connectivity index (χ3n) is 5.31. The van der Waals surface area contributed by atoms with E-state index in [1.165, 1.54) is 6.07 Å². The highest BCUT2D eigenvalue weighted by atomic mass is 35.5. The van der Waals surface area contributed by atoms with Crippen LogP contribution >= 0.6 is 11.6 Å². The normalized spacial score (nSPS) is 19.1. The molecule has 5 heteroatoms. The van der Waals surface area contributed by atoms with Gasteiger partial charge >= 0.3 is 0 Å². The lowest BCUT2D eigenvalue weighted by molar-refractivity contribution is -0.184. The summed E-state index contributed by atoms with van der Waals surface area (Å²) < 4.78 is 19.3. The summed E-state index contributed by atoms with van der Waals surface area (Å²) in [6.07, 6.45) is 0.650. The molecule has 0 bridgehead atoms. The van der Waals surface area contributed by atoms with Crippen molar-refractivity contribution in [1.29, 1.82) is 0 Å². The molecule has 0 saturated carbocycles. The number of carbonyl (C=O) groups is 2. The van der Waals surface area contributed by atoms with Crippen LogP contribution in [0.2, 0.25) is 5.02 Å². The van der Waals surface area contributed by atoms with Crippen molar-refractivity contribution in [3.63, 3.8) is 0 Å². The lowest BCUT2D eigenvalue weighted by Crippen LogP contribution is -2.58. The molecule has 0 radical (unpaired) electrons. The fraction of sp³-hybridized carbons (Fsp3) is 0.391. The SMILES string of the molecule is CCc1cc(-c2ccc(F)c(Cl)c2)ccc1C1C(=O)C(C)(C)OC(C)(C)C1=O. The quantitative estimate of drug-likeness (QED) is 0.635. The summed E-state index contributed by atoms with van der Waals surface area (Å²) in [7, 11) is 0. The highest BCUT2D eigenvalue weighted by Crippen LogP contribution is 2.40. The smallest absolute Gasteiger partial charge is 0.179 e. The molecule has 148 valence electrons. The van der Waals surface area contributed by atoms with Crippen molar-refractivity contribution in [2.24, 2.45) is 0 Å². The molecule has 1 aliphatic heterocycles. The van der Waals surface area contributed by atoms with Crippen LogP contribution in [-0.4, -0.2) is 22.8 Å². The molecule has 1 aliphatic rings. The highest BCUT2D eigenvalue weighted by Gasteiger charge is 2.53. The first kappa shape index (κ1) is 20.7. The Morgan fingerprint density at radius 2 is 1.50 bits per heavy atom. The van der Waals surface area contributed by atoms with E-state index in [0.717, 1.165) is 16.7 Å². The summed E-state index contributed by atoms with van der Waals surface area (Å²) in [6, 6.07) is 10.2. The highest BCUT2D eigenvalue weighted by molar-refractivity contribution is 6.31. The van der Waals surface area contributed by atoms with Crippen LogP contribution in [0.1, 0.15) is 51.7 Å². The second kappa shape index (κ2) is 7.09. The van der Waals surface area contributed by atoms with Crippen LogP contribution in [-0.2, 0) is 20.7 Å². The van der Waals surface area contributed by atoms with Crippen molar-refractivity contribution in [2.45, 2.75) is 58.2 Å². The number of hydrogen-bond donors (Lipinski definition) is 0. The van der Waals surface area contributed by atoms with E-state index in [-0.39, 0.29) is 16.6 Å². The molecule has 0 spiro atoms. The Balaban J connectivity index is 2.10. The monoisotopic (exact) mass is 402 g/mol. The molecule has 1 saturated heterocycles. The van der Waals surface area contributed by atoms with E-state index >= 15 is 0 Å². The molecule has 28 heavy (non-hydrogen) atoms. The average Bonchev–Trinajstić information content (AvgIpc) is 2.62. The number of ether oxygens (including phenoxy) is 1. The minimum atomic E-state index is -1.05. The average molecular weight is 403 g/mol. The standard InChI is InChI=1S/C23H24ClFO3/c1-6-13-11-14(15-8-10-18(25)17(24)12-15)7-9-16(13)19-20(26)22(2,3)28-23(4,5)21(19)27/h7-12,19H,6H2,1-5H3. The zero-order valence-corrected chi connectivity index (χ0v) is 17.5. The maximum atomic E-state index is 13.5. The Bertz CT molecular complexity index is 936. The number of aryl methyl sites for hydroxylation is 1. The number of carbonyl (C=O) groups excluding carboxylic acids is 2. The third kappa shape index (κ3) is 3.51. The van der Waals surface area contributed by atoms with Gasteiger partial charge in [-0.1, -0.05) is 42.8 Å². The largest absolute Gasteiger partial charge is 0.354 e. The second-order valence-electron chi connectivity index (χ2n) is 8.18. The molecule has 0 aliphatic carbocycles. The molecule has 0 amide bonds. The zero-order valence-electron chi connectivity index (χ0n) is 16.7. The first-order valence-electron chi connectivity index (χ1n) is 9.35. The molecule has 2 aromatic rings. The summed E-state index contributed by atoms with van der Waals surface area (Å²) in [5.74, 6) is -1.80. The summed E-state index contributed by atoms with van der Waals surface area (Å²) >= 11 is 5.91. The van der Waals surface area contributed by atoms with Crippen LogP contribution in [0.5, 0.6) is 0 Å². The number of halogens is 2. The lowest BCUT2D eigenvalue weighted by atomic mass is 9.73. The molecule has 0 aromatic heterocycles. The number of Topliss-reactive ketones (excluding diaryl/α,β-unsaturated/α-hetero) is 2. The van der Waals surface area contributed by atoms with Crippen molar-refractivity contribution < 1.29 is 18.7 Å². The van der Waals surface area contributed by atoms with Gasteiger partial charge in [-0.2, -0.15) is 0 Å². The van der Waals surface area contributed by atoms with Gasteiger partial charge in [0.05, 0.1) is 5.02 Å². The van der Waals surface area contributed by atoms with Crippen LogP contribution in [0.4, 0.5) is 4.39 Å². The minimum absolute atomic E-state index is 0.0536. The number of benzene rings is 2. The molecule has 3 nitrogen and oxygen atoms in total. The summed E-state index contributed by atoms with van der Waals surface area (Å²) in [5, 5.41) is 0.0536. The van der Waals surface area contributed by atoms with Gasteiger partial charge in [0.2, 0.25) is 0 Å². The van der Waals surface area contributed by atoms with Crippen LogP contribution < -0.4 is 0 Å². The van der Waals surface area contributed by atoms with E-state index < -0.39 is 22.9 Å². The molecule has 2 aromatic carbocycles. The van der Waals surface area contributed by atoms with Gasteiger partial charge in [-0.15, -0.1) is 0 Å². The molecule has 1 fully saturated rings. The third-order valence-corrected chi connectivity index (χ3v) is 5.60. The van der Waals surface area contributed by atoms with Gasteiger partial charge in [-0.25, -0.2) is 4.39 Å². The maximum absolute atomic E-state index is 13.5. The van der Waals surface area contributed by atoms with Gasteiger partial charge in [0.15, 0.2) is 11.6 Å². The number of rotatable bonds is 3. The van der Waals surface area contributed by atoms with E-state index in [0.29, 0.717) is 12.0 Å². The summed E-state index contributed by atoms with van der Waals surface area (Å²) in [4.78, 5) is 26.1. The molecule has 0 atom stereocenters. The topological polar surface area (TPSA) is 43.4 Å². The van der Waals surface area contributed by atoms with Crippen molar-refractivity contribution in [3.8, 4) is 11.1 Å². The predicted octanol–water partition coefficient (Wildman–Crippen LogP) is 5.52. The molecular weight excluding hydrogens is 379 g/mol. The van der Waals surface area contributed by atoms with Crippen molar-refractivity contribution in [2.75, 3.05) is 0 Å². The number of hydrogen-bond acceptors (Lipinski definition) is 3. The summed E-state index contributed by atoms with van der Waals surface area (Å²) in [6.45, 7) is 8.80. The van der Waals surface area contributed by atoms with Crippen molar-refractivity contribution >= 4 is 23.2 Å². The van der Waals surface area contributed by atoms with E-state index in [9.17, 15) is 14.0 Å². The predicted molar refractivity (Wildman–Crippen MR) is 108 cm³/mol. The first-order chi connectivity index (χ1) is 13.0. The van der Waals surface area contributed by atoms with Crippen LogP contribution in [0.15, 0.2) is 36.4 Å². The molecule has 0 unspecified atom stereocenters. The van der Waals surface area contributed by atoms with Gasteiger partial charge in [-0.05, 0) is 68.5 Å². The Morgan fingerprint density at radius 1 is 0.964 bits per heavy atom. The van der Waals surface area contributed by atoms with E-state index in [2.05, 4.69) is 0 Å². The maximum Gasteiger partial charge on any atom is 0.179 e. The van der Waals surface area contributed by atoms with E-state index in [1.54, 1.807) is 39.8 Å². The fourth-order valence-corrected chi connectivity index (χ4v) is 4.06. The van der Waals surface area contributed by atoms with Crippen LogP contribution in [0.25, 0.3) is 11.1 Å². The molecular formula is C23H24ClFO3. The Labute approximate surface area is 169 Å². The van der Waals surface area contributed by atoms with Crippen LogP contribution in [0.3, 0.4) is 0 Å². The second-order valence-corrected chi connectivity index (χ2v) is 8.59. The van der Waals surface area contributed by atoms with E-state index in [1.807, 2.05) is 25.1 Å². The fourth-order valence-electron chi connectivity index (χ4n) is 3.88. The molecule has 3 rings (SSSR count). The summed E-state index contributed by atoms with van der Waals surface area (Å²) in [5.41, 5.74) is 1.15. The van der Waals surface area contributed by atoms with E-state index in [4.69, 9.17) is 16.3 Å². The minimum Gasteiger partial charge on any atom is -0.354 e. The van der Waals surface area contributed by atoms with Gasteiger partial charge in [0.1, 0.15) is 22.9 Å². The van der Waals surface area contributed by atoms with Crippen LogP contribution in [0, 0.1) is 5.82 Å². The van der Waals surface area contributed by atoms with Gasteiger partial charge in [-0.3, -0.25) is 9.59 Å².